The number of nitro groups is 1. The van der Waals surface area contributed by atoms with E-state index in [0.717, 1.165) is 0 Å². The zero-order valence-electron chi connectivity index (χ0n) is 5.24. The summed E-state index contributed by atoms with van der Waals surface area (Å²) in [5, 5.41) is 9.69. The minimum absolute atomic E-state index is 0. The maximum Gasteiger partial charge on any atom is 0.218 e. The third-order valence-electron chi connectivity index (χ3n) is 0.908. The van der Waals surface area contributed by atoms with Crippen molar-refractivity contribution >= 4 is 12.4 Å². The van der Waals surface area contributed by atoms with Gasteiger partial charge in [0.15, 0.2) is 0 Å². The number of hydrogen-bond donors (Lipinski definition) is 1. The summed E-state index contributed by atoms with van der Waals surface area (Å²) < 4.78 is 0. The highest BCUT2D eigenvalue weighted by atomic mass is 35.5. The van der Waals surface area contributed by atoms with Crippen molar-refractivity contribution in [1.82, 2.24) is 0 Å². The van der Waals surface area contributed by atoms with Crippen LogP contribution in [0.15, 0.2) is 0 Å². The second-order valence-electron chi connectivity index (χ2n) is 1.68. The molecule has 0 saturated carbocycles. The SMILES string of the molecule is CCC(N)C[N+](=O)[O-].Cl. The van der Waals surface area contributed by atoms with Gasteiger partial charge in [0.1, 0.15) is 0 Å². The molecule has 0 heterocycles. The predicted molar refractivity (Wildman–Crippen MR) is 37.4 cm³/mol. The standard InChI is InChI=1S/C4H10N2O2.ClH/c1-2-4(5)3-6(7)8;/h4H,2-3,5H2,1H3;1H. The Bertz CT molecular complexity index is 88.6. The first-order valence-corrected chi connectivity index (χ1v) is 2.54. The summed E-state index contributed by atoms with van der Waals surface area (Å²) in [6, 6.07) is -0.273. The van der Waals surface area contributed by atoms with Crippen molar-refractivity contribution in [3.05, 3.63) is 10.1 Å². The Balaban J connectivity index is 0. The molecule has 0 aliphatic heterocycles. The number of rotatable bonds is 3. The normalized spacial score (nSPS) is 11.8. The first-order chi connectivity index (χ1) is 3.66. The van der Waals surface area contributed by atoms with E-state index in [4.69, 9.17) is 5.73 Å². The van der Waals surface area contributed by atoms with Crippen molar-refractivity contribution in [2.24, 2.45) is 5.73 Å². The van der Waals surface area contributed by atoms with Crippen LogP contribution in [-0.4, -0.2) is 17.5 Å². The molecule has 0 aromatic carbocycles. The maximum absolute atomic E-state index is 9.69. The van der Waals surface area contributed by atoms with Gasteiger partial charge in [-0.05, 0) is 6.42 Å². The molecule has 0 aromatic heterocycles. The van der Waals surface area contributed by atoms with E-state index in [1.54, 1.807) is 0 Å². The molecule has 0 fully saturated rings. The van der Waals surface area contributed by atoms with Gasteiger partial charge in [-0.1, -0.05) is 6.92 Å². The van der Waals surface area contributed by atoms with Crippen LogP contribution in [0.2, 0.25) is 0 Å². The van der Waals surface area contributed by atoms with Gasteiger partial charge in [-0.15, -0.1) is 12.4 Å². The Morgan fingerprint density at radius 3 is 2.33 bits per heavy atom. The molecule has 0 aliphatic carbocycles. The molecule has 2 N–H and O–H groups in total. The van der Waals surface area contributed by atoms with E-state index in [1.165, 1.54) is 0 Å². The molecule has 0 radical (unpaired) electrons. The molecule has 4 nitrogen and oxygen atoms in total. The molecule has 0 bridgehead atoms. The highest BCUT2D eigenvalue weighted by Gasteiger charge is 2.04. The Labute approximate surface area is 60.0 Å². The quantitative estimate of drug-likeness (QED) is 0.473. The van der Waals surface area contributed by atoms with E-state index >= 15 is 0 Å². The van der Waals surface area contributed by atoms with Crippen LogP contribution < -0.4 is 5.73 Å². The van der Waals surface area contributed by atoms with Crippen LogP contribution >= 0.6 is 12.4 Å². The lowest BCUT2D eigenvalue weighted by Gasteiger charge is -1.98. The molecular weight excluding hydrogens is 144 g/mol. The van der Waals surface area contributed by atoms with Crippen LogP contribution in [0.4, 0.5) is 0 Å². The lowest BCUT2D eigenvalue weighted by Crippen LogP contribution is -2.27. The maximum atomic E-state index is 9.69. The second-order valence-corrected chi connectivity index (χ2v) is 1.68. The minimum Gasteiger partial charge on any atom is -0.322 e. The smallest absolute Gasteiger partial charge is 0.218 e. The fourth-order valence-corrected chi connectivity index (χ4v) is 0.321. The third kappa shape index (κ3) is 7.65. The molecule has 0 aromatic rings. The molecule has 1 atom stereocenters. The van der Waals surface area contributed by atoms with E-state index in [-0.39, 0.29) is 25.0 Å². The Morgan fingerprint density at radius 1 is 1.78 bits per heavy atom. The Hall–Kier alpha value is -0.350. The van der Waals surface area contributed by atoms with E-state index < -0.39 is 4.92 Å². The first-order valence-electron chi connectivity index (χ1n) is 2.54. The summed E-state index contributed by atoms with van der Waals surface area (Å²) in [6.07, 6.45) is 0.668. The summed E-state index contributed by atoms with van der Waals surface area (Å²) >= 11 is 0. The first kappa shape index (κ1) is 11.4. The summed E-state index contributed by atoms with van der Waals surface area (Å²) in [4.78, 5) is 9.30. The molecule has 0 amide bonds. The van der Waals surface area contributed by atoms with Gasteiger partial charge in [0, 0.05) is 4.92 Å². The molecule has 56 valence electrons. The molecule has 5 heteroatoms. The van der Waals surface area contributed by atoms with Gasteiger partial charge in [-0.3, -0.25) is 10.1 Å². The van der Waals surface area contributed by atoms with E-state index in [2.05, 4.69) is 0 Å². The van der Waals surface area contributed by atoms with Gasteiger partial charge in [-0.2, -0.15) is 0 Å². The van der Waals surface area contributed by atoms with E-state index in [1.807, 2.05) is 6.92 Å². The van der Waals surface area contributed by atoms with Gasteiger partial charge in [0.05, 0.1) is 6.04 Å². The largest absolute Gasteiger partial charge is 0.322 e. The Morgan fingerprint density at radius 2 is 2.22 bits per heavy atom. The average Bonchev–Trinajstić information content (AvgIpc) is 1.65. The average molecular weight is 155 g/mol. The monoisotopic (exact) mass is 154 g/mol. The zero-order valence-corrected chi connectivity index (χ0v) is 6.06. The van der Waals surface area contributed by atoms with Crippen molar-refractivity contribution in [3.63, 3.8) is 0 Å². The molecule has 9 heavy (non-hydrogen) atoms. The zero-order chi connectivity index (χ0) is 6.57. The van der Waals surface area contributed by atoms with Crippen LogP contribution in [0.25, 0.3) is 0 Å². The van der Waals surface area contributed by atoms with Gasteiger partial charge in [0.2, 0.25) is 6.54 Å². The highest BCUT2D eigenvalue weighted by molar-refractivity contribution is 5.85. The molecule has 1 unspecified atom stereocenters. The van der Waals surface area contributed by atoms with Crippen LogP contribution in [0.5, 0.6) is 0 Å². The lowest BCUT2D eigenvalue weighted by molar-refractivity contribution is -0.482. The second kappa shape index (κ2) is 5.78. The predicted octanol–water partition coefficient (Wildman–Crippen LogP) is 0.422. The van der Waals surface area contributed by atoms with Crippen LogP contribution in [0.1, 0.15) is 13.3 Å². The van der Waals surface area contributed by atoms with Crippen molar-refractivity contribution < 1.29 is 4.92 Å². The van der Waals surface area contributed by atoms with Crippen LogP contribution in [0, 0.1) is 10.1 Å². The highest BCUT2D eigenvalue weighted by Crippen LogP contribution is 1.84. The van der Waals surface area contributed by atoms with Gasteiger partial charge in [-0.25, -0.2) is 0 Å². The van der Waals surface area contributed by atoms with Crippen molar-refractivity contribution in [1.29, 1.82) is 0 Å². The fraction of sp³-hybridized carbons (Fsp3) is 1.00. The van der Waals surface area contributed by atoms with Gasteiger partial charge in [0.25, 0.3) is 0 Å². The van der Waals surface area contributed by atoms with Crippen molar-refractivity contribution in [2.45, 2.75) is 19.4 Å². The number of nitrogens with zero attached hydrogens (tertiary/aromatic N) is 1. The lowest BCUT2D eigenvalue weighted by atomic mass is 10.2. The number of nitrogens with two attached hydrogens (primary N) is 1. The third-order valence-corrected chi connectivity index (χ3v) is 0.908. The fourth-order valence-electron chi connectivity index (χ4n) is 0.321. The molecule has 0 aliphatic rings. The van der Waals surface area contributed by atoms with Gasteiger partial charge >= 0.3 is 0 Å². The van der Waals surface area contributed by atoms with Gasteiger partial charge < -0.3 is 5.73 Å². The van der Waals surface area contributed by atoms with E-state index in [0.29, 0.717) is 6.42 Å². The summed E-state index contributed by atoms with van der Waals surface area (Å²) in [6.45, 7) is 1.71. The van der Waals surface area contributed by atoms with Crippen molar-refractivity contribution in [2.75, 3.05) is 6.54 Å². The summed E-state index contributed by atoms with van der Waals surface area (Å²) in [7, 11) is 0. The van der Waals surface area contributed by atoms with Crippen LogP contribution in [-0.2, 0) is 0 Å². The Kier molecular flexibility index (Phi) is 7.35. The van der Waals surface area contributed by atoms with Crippen LogP contribution in [0.3, 0.4) is 0 Å². The molecular formula is C4H11ClN2O2. The topological polar surface area (TPSA) is 69.2 Å². The molecule has 0 spiro atoms. The number of hydrogen-bond acceptors (Lipinski definition) is 3. The summed E-state index contributed by atoms with van der Waals surface area (Å²) in [5.74, 6) is 0. The molecule has 0 saturated heterocycles. The van der Waals surface area contributed by atoms with E-state index in [9.17, 15) is 10.1 Å². The van der Waals surface area contributed by atoms with Crippen molar-refractivity contribution in [3.8, 4) is 0 Å². The molecule has 0 rings (SSSR count). The number of halogens is 1. The minimum atomic E-state index is -0.395. The summed E-state index contributed by atoms with van der Waals surface area (Å²) in [5.41, 5.74) is 5.23.